The maximum absolute atomic E-state index is 13.3. The maximum Gasteiger partial charge on any atom is 0.407 e. The van der Waals surface area contributed by atoms with Gasteiger partial charge in [-0.3, -0.25) is 19.4 Å². The number of methoxy groups -OCH3 is 1. The first-order valence-corrected chi connectivity index (χ1v) is 13.0. The number of fused-ring (bicyclic) bond motifs is 1. The third-order valence-corrected chi connectivity index (χ3v) is 6.27. The second-order valence-corrected chi connectivity index (χ2v) is 10.1. The maximum atomic E-state index is 13.3. The Hall–Kier alpha value is -4.21. The fourth-order valence-corrected chi connectivity index (χ4v) is 4.25. The number of likely N-dealkylation sites (N-methyl/N-ethyl adjacent to an activating group) is 1. The number of allylic oxidation sites excluding steroid dienone is 1. The van der Waals surface area contributed by atoms with Gasteiger partial charge < -0.3 is 24.5 Å². The lowest BCUT2D eigenvalue weighted by Crippen LogP contribution is -2.42. The van der Waals surface area contributed by atoms with Crippen LogP contribution in [0.4, 0.5) is 4.79 Å². The normalized spacial score (nSPS) is 12.2. The van der Waals surface area contributed by atoms with Gasteiger partial charge >= 0.3 is 6.09 Å². The molecule has 3 heterocycles. The van der Waals surface area contributed by atoms with E-state index in [1.54, 1.807) is 49.3 Å². The number of hydrogen-bond acceptors (Lipinski definition) is 6. The zero-order valence-corrected chi connectivity index (χ0v) is 23.2. The monoisotopic (exact) mass is 535 g/mol. The van der Waals surface area contributed by atoms with Crippen LogP contribution in [0, 0.1) is 5.92 Å². The van der Waals surface area contributed by atoms with Crippen molar-refractivity contribution < 1.29 is 19.1 Å². The Labute approximate surface area is 228 Å². The van der Waals surface area contributed by atoms with Gasteiger partial charge in [0.25, 0.3) is 5.56 Å². The number of rotatable bonds is 12. The molecule has 0 aromatic carbocycles. The van der Waals surface area contributed by atoms with Crippen molar-refractivity contribution in [2.75, 3.05) is 21.2 Å². The van der Waals surface area contributed by atoms with Gasteiger partial charge in [-0.05, 0) is 49.5 Å². The number of ketones is 1. The molecule has 0 aliphatic rings. The lowest BCUT2D eigenvalue weighted by Gasteiger charge is -2.16. The molecule has 0 bridgehead atoms. The molecule has 2 N–H and O–H groups in total. The zero-order valence-electron chi connectivity index (χ0n) is 23.2. The second-order valence-electron chi connectivity index (χ2n) is 10.1. The smallest absolute Gasteiger partial charge is 0.407 e. The van der Waals surface area contributed by atoms with Crippen LogP contribution in [0.25, 0.3) is 10.9 Å². The summed E-state index contributed by atoms with van der Waals surface area (Å²) in [5, 5.41) is 3.58. The van der Waals surface area contributed by atoms with Gasteiger partial charge in [-0.25, -0.2) is 4.79 Å². The second kappa shape index (κ2) is 13.5. The van der Waals surface area contributed by atoms with Gasteiger partial charge in [-0.2, -0.15) is 0 Å². The third kappa shape index (κ3) is 8.13. The third-order valence-electron chi connectivity index (χ3n) is 6.27. The van der Waals surface area contributed by atoms with Crippen molar-refractivity contribution >= 4 is 28.7 Å². The summed E-state index contributed by atoms with van der Waals surface area (Å²) in [7, 11) is 4.50. The van der Waals surface area contributed by atoms with Crippen LogP contribution in [0.1, 0.15) is 43.6 Å². The fourth-order valence-electron chi connectivity index (χ4n) is 4.25. The molecule has 0 saturated carbocycles. The standard InChI is InChI=1S/C29H37N5O5/c1-19(2)15-24-27-20(12-13-30-24)16-22(31-27)18-34-14-8-9-21(28(34)37)17-25(35)23(32-29(38)39-5)10-6-7-11-26(36)33(3)4/h7-9,11-14,16,19,23,31H,6,10,15,17-18H2,1-5H3,(H,32,38)/b11-7+/t23-/m0/s1. The number of carbonyl (C=O) groups excluding carboxylic acids is 3. The lowest BCUT2D eigenvalue weighted by atomic mass is 10.0. The molecular weight excluding hydrogens is 498 g/mol. The van der Waals surface area contributed by atoms with Crippen LogP contribution >= 0.6 is 0 Å². The molecule has 0 aliphatic heterocycles. The van der Waals surface area contributed by atoms with Gasteiger partial charge in [0.2, 0.25) is 5.91 Å². The van der Waals surface area contributed by atoms with Crippen LogP contribution in [-0.2, 0) is 33.7 Å². The van der Waals surface area contributed by atoms with Crippen molar-refractivity contribution in [3.63, 3.8) is 0 Å². The summed E-state index contributed by atoms with van der Waals surface area (Å²) in [6, 6.07) is 6.44. The minimum absolute atomic E-state index is 0.149. The molecule has 0 aliphatic carbocycles. The number of ether oxygens (including phenoxy) is 1. The van der Waals surface area contributed by atoms with Crippen LogP contribution in [-0.4, -0.2) is 64.5 Å². The molecule has 3 aromatic heterocycles. The first kappa shape index (κ1) is 29.3. The minimum atomic E-state index is -0.870. The molecule has 208 valence electrons. The highest BCUT2D eigenvalue weighted by atomic mass is 16.5. The van der Waals surface area contributed by atoms with E-state index in [1.807, 2.05) is 12.1 Å². The highest BCUT2D eigenvalue weighted by Crippen LogP contribution is 2.20. The highest BCUT2D eigenvalue weighted by molar-refractivity contribution is 5.89. The fraction of sp³-hybridized carbons (Fsp3) is 0.414. The molecule has 1 atom stereocenters. The largest absolute Gasteiger partial charge is 0.453 e. The molecule has 0 fully saturated rings. The number of H-pyrrole nitrogens is 1. The molecule has 10 nitrogen and oxygen atoms in total. The molecular formula is C29H37N5O5. The van der Waals surface area contributed by atoms with E-state index in [1.165, 1.54) is 18.1 Å². The molecule has 10 heteroatoms. The van der Waals surface area contributed by atoms with Crippen molar-refractivity contribution in [1.82, 2.24) is 24.8 Å². The number of pyridine rings is 2. The molecule has 2 amide bonds. The van der Waals surface area contributed by atoms with Gasteiger partial charge in [-0.15, -0.1) is 0 Å². The summed E-state index contributed by atoms with van der Waals surface area (Å²) in [6.07, 6.45) is 7.15. The van der Waals surface area contributed by atoms with Crippen molar-refractivity contribution in [3.05, 3.63) is 76.1 Å². The Bertz CT molecular complexity index is 1400. The topological polar surface area (TPSA) is 126 Å². The number of aromatic nitrogens is 3. The van der Waals surface area contributed by atoms with Crippen molar-refractivity contribution in [2.24, 2.45) is 5.92 Å². The Kier molecular flexibility index (Phi) is 10.2. The minimum Gasteiger partial charge on any atom is -0.453 e. The van der Waals surface area contributed by atoms with Gasteiger partial charge in [0, 0.05) is 49.6 Å². The number of aromatic amines is 1. The van der Waals surface area contributed by atoms with Crippen molar-refractivity contribution in [3.8, 4) is 0 Å². The van der Waals surface area contributed by atoms with E-state index in [0.29, 0.717) is 24.4 Å². The Morgan fingerprint density at radius 3 is 2.69 bits per heavy atom. The van der Waals surface area contributed by atoms with Crippen LogP contribution in [0.15, 0.2) is 53.6 Å². The Morgan fingerprint density at radius 1 is 1.23 bits per heavy atom. The van der Waals surface area contributed by atoms with E-state index >= 15 is 0 Å². The number of nitrogens with one attached hydrogen (secondary N) is 2. The SMILES string of the molecule is COC(=O)N[C@@H](CC/C=C/C(=O)N(C)C)C(=O)Cc1cccn(Cc2cc3ccnc(CC(C)C)c3[nH]2)c1=O. The molecule has 0 saturated heterocycles. The Morgan fingerprint density at radius 2 is 2.00 bits per heavy atom. The molecule has 3 rings (SSSR count). The summed E-state index contributed by atoms with van der Waals surface area (Å²) >= 11 is 0. The lowest BCUT2D eigenvalue weighted by molar-refractivity contribution is -0.123. The van der Waals surface area contributed by atoms with Crippen molar-refractivity contribution in [2.45, 2.75) is 52.1 Å². The van der Waals surface area contributed by atoms with Gasteiger partial charge in [0.15, 0.2) is 5.78 Å². The number of hydrogen-bond donors (Lipinski definition) is 2. The Balaban J connectivity index is 1.75. The summed E-state index contributed by atoms with van der Waals surface area (Å²) in [6.45, 7) is 4.60. The molecule has 0 unspecified atom stereocenters. The van der Waals surface area contributed by atoms with Crippen LogP contribution in [0.2, 0.25) is 0 Å². The van der Waals surface area contributed by atoms with E-state index in [2.05, 4.69) is 33.9 Å². The summed E-state index contributed by atoms with van der Waals surface area (Å²) in [5.41, 5.74) is 2.87. The van der Waals surface area contributed by atoms with Crippen molar-refractivity contribution in [1.29, 1.82) is 0 Å². The van der Waals surface area contributed by atoms with E-state index in [-0.39, 0.29) is 30.1 Å². The van der Waals surface area contributed by atoms with E-state index in [0.717, 1.165) is 28.7 Å². The average molecular weight is 536 g/mol. The first-order valence-electron chi connectivity index (χ1n) is 13.0. The predicted octanol–water partition coefficient (Wildman–Crippen LogP) is 3.23. The van der Waals surface area contributed by atoms with E-state index < -0.39 is 12.1 Å². The summed E-state index contributed by atoms with van der Waals surface area (Å²) in [5.74, 6) is -0.0376. The van der Waals surface area contributed by atoms with Crippen LogP contribution in [0.5, 0.6) is 0 Å². The van der Waals surface area contributed by atoms with Gasteiger partial charge in [0.1, 0.15) is 0 Å². The van der Waals surface area contributed by atoms with E-state index in [9.17, 15) is 19.2 Å². The number of amides is 2. The van der Waals surface area contributed by atoms with Crippen LogP contribution in [0.3, 0.4) is 0 Å². The first-order chi connectivity index (χ1) is 18.6. The van der Waals surface area contributed by atoms with Gasteiger partial charge in [-0.1, -0.05) is 26.0 Å². The number of Topliss-reactive ketones (excluding diaryl/α,β-unsaturated/α-hetero) is 1. The van der Waals surface area contributed by atoms with Crippen LogP contribution < -0.4 is 10.9 Å². The quantitative estimate of drug-likeness (QED) is 0.343. The van der Waals surface area contributed by atoms with Gasteiger partial charge in [0.05, 0.1) is 30.9 Å². The molecule has 39 heavy (non-hydrogen) atoms. The number of alkyl carbamates (subject to hydrolysis) is 1. The number of nitrogens with zero attached hydrogens (tertiary/aromatic N) is 3. The number of carbonyl (C=O) groups is 3. The highest BCUT2D eigenvalue weighted by Gasteiger charge is 2.22. The molecule has 0 radical (unpaired) electrons. The average Bonchev–Trinajstić information content (AvgIpc) is 3.31. The predicted molar refractivity (Wildman–Crippen MR) is 150 cm³/mol. The van der Waals surface area contributed by atoms with E-state index in [4.69, 9.17) is 0 Å². The molecule has 0 spiro atoms. The zero-order chi connectivity index (χ0) is 28.5. The summed E-state index contributed by atoms with van der Waals surface area (Å²) < 4.78 is 6.22. The molecule has 3 aromatic rings. The summed E-state index contributed by atoms with van der Waals surface area (Å²) in [4.78, 5) is 59.3.